The summed E-state index contributed by atoms with van der Waals surface area (Å²) in [6.45, 7) is 2.08. The van der Waals surface area contributed by atoms with E-state index in [1.807, 2.05) is 41.1 Å². The first-order chi connectivity index (χ1) is 8.65. The fourth-order valence-corrected chi connectivity index (χ4v) is 2.65. The number of hydrogen-bond donors (Lipinski definition) is 1. The number of ketones is 1. The number of carbonyl (C=O) groups is 1. The van der Waals surface area contributed by atoms with Crippen molar-refractivity contribution < 1.29 is 4.79 Å². The van der Waals surface area contributed by atoms with Crippen LogP contribution in [-0.2, 0) is 11.2 Å². The van der Waals surface area contributed by atoms with E-state index in [4.69, 9.17) is 5.73 Å². The van der Waals surface area contributed by atoms with E-state index in [0.717, 1.165) is 11.3 Å². The van der Waals surface area contributed by atoms with Crippen LogP contribution in [0.15, 0.2) is 41.1 Å². The Hall–Kier alpha value is -1.61. The number of carbonyl (C=O) groups excluding carboxylic acids is 1. The van der Waals surface area contributed by atoms with Crippen molar-refractivity contribution in [1.82, 2.24) is 0 Å². The largest absolute Gasteiger partial charge is 0.399 e. The van der Waals surface area contributed by atoms with Crippen molar-refractivity contribution in [3.05, 3.63) is 52.2 Å². The van der Waals surface area contributed by atoms with E-state index in [-0.39, 0.29) is 11.7 Å². The summed E-state index contributed by atoms with van der Waals surface area (Å²) >= 11 is 1.63. The Morgan fingerprint density at radius 1 is 1.28 bits per heavy atom. The lowest BCUT2D eigenvalue weighted by Crippen LogP contribution is -2.07. The Bertz CT molecular complexity index is 502. The van der Waals surface area contributed by atoms with Crippen molar-refractivity contribution in [3.8, 4) is 0 Å². The van der Waals surface area contributed by atoms with Gasteiger partial charge in [-0.25, -0.2) is 0 Å². The first kappa shape index (κ1) is 12.8. The van der Waals surface area contributed by atoms with E-state index in [2.05, 4.69) is 6.92 Å². The lowest BCUT2D eigenvalue weighted by molar-refractivity contribution is -0.118. The number of anilines is 1. The molecule has 2 N–H and O–H groups in total. The van der Waals surface area contributed by atoms with Crippen LogP contribution in [0.3, 0.4) is 0 Å². The summed E-state index contributed by atoms with van der Waals surface area (Å²) in [5, 5.41) is 4.04. The predicted octanol–water partition coefficient (Wildman–Crippen LogP) is 3.64. The zero-order valence-electron chi connectivity index (χ0n) is 10.4. The van der Waals surface area contributed by atoms with Gasteiger partial charge < -0.3 is 5.73 Å². The first-order valence-corrected chi connectivity index (χ1v) is 6.97. The average molecular weight is 259 g/mol. The summed E-state index contributed by atoms with van der Waals surface area (Å²) in [6.07, 6.45) is 1.13. The van der Waals surface area contributed by atoms with E-state index >= 15 is 0 Å². The van der Waals surface area contributed by atoms with Gasteiger partial charge in [0, 0.05) is 18.5 Å². The number of thiophene rings is 1. The topological polar surface area (TPSA) is 43.1 Å². The van der Waals surface area contributed by atoms with E-state index in [0.29, 0.717) is 12.8 Å². The lowest BCUT2D eigenvalue weighted by Gasteiger charge is -2.11. The van der Waals surface area contributed by atoms with Gasteiger partial charge in [-0.2, -0.15) is 11.3 Å². The van der Waals surface area contributed by atoms with Crippen molar-refractivity contribution in [2.45, 2.75) is 25.7 Å². The summed E-state index contributed by atoms with van der Waals surface area (Å²) in [4.78, 5) is 11.9. The number of nitrogens with two attached hydrogens (primary N) is 1. The van der Waals surface area contributed by atoms with E-state index in [1.54, 1.807) is 11.3 Å². The molecule has 1 unspecified atom stereocenters. The van der Waals surface area contributed by atoms with E-state index < -0.39 is 0 Å². The second kappa shape index (κ2) is 5.83. The Morgan fingerprint density at radius 2 is 2.00 bits per heavy atom. The molecule has 0 radical (unpaired) electrons. The van der Waals surface area contributed by atoms with Crippen LogP contribution in [0.5, 0.6) is 0 Å². The number of Topliss-reactive ketones (excluding diaryl/α,β-unsaturated/α-hetero) is 1. The molecular formula is C15H17NOS. The molecule has 2 rings (SSSR count). The van der Waals surface area contributed by atoms with Gasteiger partial charge >= 0.3 is 0 Å². The normalized spacial score (nSPS) is 12.3. The minimum Gasteiger partial charge on any atom is -0.399 e. The van der Waals surface area contributed by atoms with Crippen LogP contribution in [0, 0.1) is 0 Å². The lowest BCUT2D eigenvalue weighted by atomic mass is 9.94. The highest BCUT2D eigenvalue weighted by molar-refractivity contribution is 7.07. The predicted molar refractivity (Wildman–Crippen MR) is 76.9 cm³/mol. The number of nitrogen functional groups attached to an aromatic ring is 1. The van der Waals surface area contributed by atoms with E-state index in [1.165, 1.54) is 5.56 Å². The van der Waals surface area contributed by atoms with Crippen molar-refractivity contribution in [2.75, 3.05) is 5.73 Å². The van der Waals surface area contributed by atoms with Gasteiger partial charge in [-0.15, -0.1) is 0 Å². The van der Waals surface area contributed by atoms with Crippen molar-refractivity contribution in [2.24, 2.45) is 0 Å². The van der Waals surface area contributed by atoms with Crippen LogP contribution >= 0.6 is 11.3 Å². The second-order valence-corrected chi connectivity index (χ2v) is 5.40. The maximum absolute atomic E-state index is 11.9. The highest BCUT2D eigenvalue weighted by Gasteiger charge is 2.11. The van der Waals surface area contributed by atoms with Crippen molar-refractivity contribution >= 4 is 22.8 Å². The van der Waals surface area contributed by atoms with Gasteiger partial charge in [0.1, 0.15) is 5.78 Å². The Morgan fingerprint density at radius 3 is 2.61 bits per heavy atom. The zero-order valence-corrected chi connectivity index (χ0v) is 11.2. The molecule has 3 heteroatoms. The van der Waals surface area contributed by atoms with Gasteiger partial charge in [0.2, 0.25) is 0 Å². The third-order valence-electron chi connectivity index (χ3n) is 3.02. The van der Waals surface area contributed by atoms with Gasteiger partial charge in [-0.05, 0) is 46.0 Å². The average Bonchev–Trinajstić information content (AvgIpc) is 2.82. The SMILES string of the molecule is CC(CC(=O)Cc1ccsc1)c1ccc(N)cc1. The van der Waals surface area contributed by atoms with Crippen LogP contribution in [0.25, 0.3) is 0 Å². The van der Waals surface area contributed by atoms with Gasteiger partial charge in [0.25, 0.3) is 0 Å². The molecule has 1 aromatic heterocycles. The van der Waals surface area contributed by atoms with Crippen LogP contribution in [0.4, 0.5) is 5.69 Å². The molecule has 0 amide bonds. The summed E-state index contributed by atoms with van der Waals surface area (Å²) in [6, 6.07) is 9.77. The van der Waals surface area contributed by atoms with Crippen LogP contribution in [0.1, 0.15) is 30.4 Å². The fourth-order valence-electron chi connectivity index (χ4n) is 1.98. The van der Waals surface area contributed by atoms with Gasteiger partial charge in [-0.1, -0.05) is 19.1 Å². The minimum absolute atomic E-state index is 0.247. The third kappa shape index (κ3) is 3.44. The summed E-state index contributed by atoms with van der Waals surface area (Å²) in [5.41, 5.74) is 8.70. The monoisotopic (exact) mass is 259 g/mol. The van der Waals surface area contributed by atoms with Gasteiger partial charge in [0.05, 0.1) is 0 Å². The molecule has 1 atom stereocenters. The standard InChI is InChI=1S/C15H17NOS/c1-11(13-2-4-14(16)5-3-13)8-15(17)9-12-6-7-18-10-12/h2-7,10-11H,8-9,16H2,1H3. The molecule has 1 aromatic carbocycles. The van der Waals surface area contributed by atoms with Gasteiger partial charge in [-0.3, -0.25) is 4.79 Å². The molecule has 0 aliphatic rings. The summed E-state index contributed by atoms with van der Waals surface area (Å²) in [5.74, 6) is 0.537. The van der Waals surface area contributed by atoms with Crippen molar-refractivity contribution in [3.63, 3.8) is 0 Å². The molecule has 0 aliphatic heterocycles. The van der Waals surface area contributed by atoms with Crippen LogP contribution < -0.4 is 5.73 Å². The molecule has 2 aromatic rings. The first-order valence-electron chi connectivity index (χ1n) is 6.03. The highest BCUT2D eigenvalue weighted by Crippen LogP contribution is 2.21. The zero-order chi connectivity index (χ0) is 13.0. The molecule has 0 saturated heterocycles. The molecule has 0 bridgehead atoms. The van der Waals surface area contributed by atoms with Crippen molar-refractivity contribution in [1.29, 1.82) is 0 Å². The maximum Gasteiger partial charge on any atom is 0.137 e. The van der Waals surface area contributed by atoms with Crippen LogP contribution in [-0.4, -0.2) is 5.78 Å². The number of hydrogen-bond acceptors (Lipinski definition) is 3. The molecule has 0 aliphatic carbocycles. The number of benzene rings is 1. The molecule has 2 nitrogen and oxygen atoms in total. The minimum atomic E-state index is 0.247. The molecule has 0 fully saturated rings. The fraction of sp³-hybridized carbons (Fsp3) is 0.267. The molecule has 0 spiro atoms. The molecule has 18 heavy (non-hydrogen) atoms. The maximum atomic E-state index is 11.9. The molecular weight excluding hydrogens is 242 g/mol. The quantitative estimate of drug-likeness (QED) is 0.833. The van der Waals surface area contributed by atoms with Crippen LogP contribution in [0.2, 0.25) is 0 Å². The summed E-state index contributed by atoms with van der Waals surface area (Å²) < 4.78 is 0. The van der Waals surface area contributed by atoms with Gasteiger partial charge in [0.15, 0.2) is 0 Å². The Balaban J connectivity index is 1.92. The smallest absolute Gasteiger partial charge is 0.137 e. The third-order valence-corrected chi connectivity index (χ3v) is 3.75. The highest BCUT2D eigenvalue weighted by atomic mass is 32.1. The molecule has 94 valence electrons. The Labute approximate surface area is 111 Å². The second-order valence-electron chi connectivity index (χ2n) is 4.62. The number of rotatable bonds is 5. The Kier molecular flexibility index (Phi) is 4.15. The summed E-state index contributed by atoms with van der Waals surface area (Å²) in [7, 11) is 0. The molecule has 1 heterocycles. The van der Waals surface area contributed by atoms with E-state index in [9.17, 15) is 4.79 Å². The molecule has 0 saturated carbocycles.